The highest BCUT2D eigenvalue weighted by molar-refractivity contribution is 4.73. The first-order valence-corrected chi connectivity index (χ1v) is 5.62. The lowest BCUT2D eigenvalue weighted by molar-refractivity contribution is 0.152. The molecule has 1 aliphatic heterocycles. The molecule has 0 aromatic carbocycles. The minimum Gasteiger partial charge on any atom is -0.301 e. The Balaban J connectivity index is 0.000000561. The van der Waals surface area contributed by atoms with Crippen LogP contribution in [-0.4, -0.2) is 24.0 Å². The lowest BCUT2D eigenvalue weighted by Gasteiger charge is -2.34. The van der Waals surface area contributed by atoms with Crippen LogP contribution in [0, 0.1) is 0 Å². The maximum Gasteiger partial charge on any atom is 0.00925 e. The van der Waals surface area contributed by atoms with Gasteiger partial charge < -0.3 is 4.90 Å². The summed E-state index contributed by atoms with van der Waals surface area (Å²) in [6, 6.07) is 0.902. The molecule has 0 aromatic heterocycles. The summed E-state index contributed by atoms with van der Waals surface area (Å²) in [5, 5.41) is 0. The van der Waals surface area contributed by atoms with Gasteiger partial charge >= 0.3 is 0 Å². The second kappa shape index (κ2) is 7.60. The summed E-state index contributed by atoms with van der Waals surface area (Å²) in [6.45, 7) is 11.2. The molecule has 0 aliphatic carbocycles. The quantitative estimate of drug-likeness (QED) is 0.616. The normalized spacial score (nSPS) is 24.5. The van der Waals surface area contributed by atoms with Crippen molar-refractivity contribution in [1.29, 1.82) is 0 Å². The third kappa shape index (κ3) is 3.57. The van der Waals surface area contributed by atoms with Crippen LogP contribution in [-0.2, 0) is 0 Å². The summed E-state index contributed by atoms with van der Waals surface area (Å²) >= 11 is 0. The molecule has 1 atom stereocenters. The van der Waals surface area contributed by atoms with Gasteiger partial charge in [0.2, 0.25) is 0 Å². The lowest BCUT2D eigenvalue weighted by atomic mass is 10.0. The molecule has 0 radical (unpaired) electrons. The number of likely N-dealkylation sites (tertiary alicyclic amines) is 1. The summed E-state index contributed by atoms with van der Waals surface area (Å²) in [5.74, 6) is 0. The monoisotopic (exact) mass is 171 g/mol. The van der Waals surface area contributed by atoms with Crippen molar-refractivity contribution in [1.82, 2.24) is 4.90 Å². The topological polar surface area (TPSA) is 3.24 Å². The van der Waals surface area contributed by atoms with Gasteiger partial charge in [-0.1, -0.05) is 34.1 Å². The molecule has 1 heterocycles. The van der Waals surface area contributed by atoms with E-state index < -0.39 is 0 Å². The van der Waals surface area contributed by atoms with Crippen LogP contribution in [0.4, 0.5) is 0 Å². The molecule has 1 aliphatic rings. The van der Waals surface area contributed by atoms with E-state index in [1.54, 1.807) is 0 Å². The molecule has 1 nitrogen and oxygen atoms in total. The van der Waals surface area contributed by atoms with Gasteiger partial charge in [-0.2, -0.15) is 0 Å². The maximum absolute atomic E-state index is 2.61. The minimum absolute atomic E-state index is 0.902. The predicted octanol–water partition coefficient (Wildman–Crippen LogP) is 3.30. The molecule has 0 saturated carbocycles. The van der Waals surface area contributed by atoms with E-state index in [1.807, 2.05) is 13.8 Å². The van der Waals surface area contributed by atoms with Gasteiger partial charge in [-0.15, -0.1) is 0 Å². The van der Waals surface area contributed by atoms with Crippen molar-refractivity contribution in [2.75, 3.05) is 13.1 Å². The SMILES string of the molecule is CC.CCC1CCCCN1CC. The van der Waals surface area contributed by atoms with E-state index in [0.29, 0.717) is 0 Å². The highest BCUT2D eigenvalue weighted by atomic mass is 15.1. The molecular formula is C11H25N. The number of hydrogen-bond donors (Lipinski definition) is 0. The molecule has 74 valence electrons. The Bertz CT molecular complexity index is 79.0. The molecule has 0 spiro atoms. The zero-order valence-electron chi connectivity index (χ0n) is 9.27. The smallest absolute Gasteiger partial charge is 0.00925 e. The Morgan fingerprint density at radius 1 is 1.17 bits per heavy atom. The van der Waals surface area contributed by atoms with Gasteiger partial charge in [0.05, 0.1) is 0 Å². The zero-order chi connectivity index (χ0) is 9.40. The van der Waals surface area contributed by atoms with Gasteiger partial charge in [-0.3, -0.25) is 0 Å². The Labute approximate surface area is 78.1 Å². The van der Waals surface area contributed by atoms with Crippen molar-refractivity contribution < 1.29 is 0 Å². The van der Waals surface area contributed by atoms with Crippen LogP contribution in [0.1, 0.15) is 53.4 Å². The molecule has 1 heteroatoms. The third-order valence-electron chi connectivity index (χ3n) is 2.63. The summed E-state index contributed by atoms with van der Waals surface area (Å²) in [7, 11) is 0. The Kier molecular flexibility index (Phi) is 7.58. The van der Waals surface area contributed by atoms with Crippen LogP contribution in [0.2, 0.25) is 0 Å². The van der Waals surface area contributed by atoms with E-state index in [2.05, 4.69) is 18.7 Å². The third-order valence-corrected chi connectivity index (χ3v) is 2.63. The molecule has 0 aromatic rings. The fraction of sp³-hybridized carbons (Fsp3) is 1.00. The Morgan fingerprint density at radius 2 is 1.83 bits per heavy atom. The van der Waals surface area contributed by atoms with Crippen LogP contribution in [0.25, 0.3) is 0 Å². The van der Waals surface area contributed by atoms with Crippen molar-refractivity contribution in [2.45, 2.75) is 59.4 Å². The summed E-state index contributed by atoms with van der Waals surface area (Å²) in [5.41, 5.74) is 0. The average molecular weight is 171 g/mol. The van der Waals surface area contributed by atoms with Gasteiger partial charge in [0, 0.05) is 6.04 Å². The summed E-state index contributed by atoms with van der Waals surface area (Å²) in [6.07, 6.45) is 5.65. The van der Waals surface area contributed by atoms with Gasteiger partial charge in [-0.25, -0.2) is 0 Å². The Morgan fingerprint density at radius 3 is 2.25 bits per heavy atom. The van der Waals surface area contributed by atoms with E-state index in [-0.39, 0.29) is 0 Å². The first-order chi connectivity index (χ1) is 5.88. The first kappa shape index (κ1) is 12.0. The van der Waals surface area contributed by atoms with Crippen LogP contribution in [0.5, 0.6) is 0 Å². The highest BCUT2D eigenvalue weighted by Gasteiger charge is 2.17. The van der Waals surface area contributed by atoms with Crippen molar-refractivity contribution in [2.24, 2.45) is 0 Å². The molecule has 0 bridgehead atoms. The van der Waals surface area contributed by atoms with Crippen LogP contribution in [0.3, 0.4) is 0 Å². The lowest BCUT2D eigenvalue weighted by Crippen LogP contribution is -2.38. The number of nitrogens with zero attached hydrogens (tertiary/aromatic N) is 1. The van der Waals surface area contributed by atoms with Crippen molar-refractivity contribution in [3.63, 3.8) is 0 Å². The van der Waals surface area contributed by atoms with Crippen molar-refractivity contribution in [3.05, 3.63) is 0 Å². The number of hydrogen-bond acceptors (Lipinski definition) is 1. The predicted molar refractivity (Wildman–Crippen MR) is 56.5 cm³/mol. The molecular weight excluding hydrogens is 146 g/mol. The van der Waals surface area contributed by atoms with E-state index in [9.17, 15) is 0 Å². The molecule has 12 heavy (non-hydrogen) atoms. The maximum atomic E-state index is 2.61. The van der Waals surface area contributed by atoms with Gasteiger partial charge in [-0.05, 0) is 32.4 Å². The van der Waals surface area contributed by atoms with Crippen LogP contribution < -0.4 is 0 Å². The largest absolute Gasteiger partial charge is 0.301 e. The van der Waals surface area contributed by atoms with Gasteiger partial charge in [0.25, 0.3) is 0 Å². The molecule has 0 N–H and O–H groups in total. The van der Waals surface area contributed by atoms with Crippen molar-refractivity contribution in [3.8, 4) is 0 Å². The second-order valence-electron chi connectivity index (χ2n) is 3.19. The standard InChI is InChI=1S/C9H19N.C2H6/c1-3-9-7-5-6-8-10(9)4-2;1-2/h9H,3-8H2,1-2H3;1-2H3. The fourth-order valence-electron chi connectivity index (χ4n) is 1.94. The summed E-state index contributed by atoms with van der Waals surface area (Å²) < 4.78 is 0. The zero-order valence-corrected chi connectivity index (χ0v) is 9.27. The van der Waals surface area contributed by atoms with Gasteiger partial charge in [0.1, 0.15) is 0 Å². The molecule has 1 fully saturated rings. The highest BCUT2D eigenvalue weighted by Crippen LogP contribution is 2.18. The summed E-state index contributed by atoms with van der Waals surface area (Å²) in [4.78, 5) is 2.61. The van der Waals surface area contributed by atoms with Gasteiger partial charge in [0.15, 0.2) is 0 Å². The average Bonchev–Trinajstić information content (AvgIpc) is 2.20. The van der Waals surface area contributed by atoms with E-state index in [1.165, 1.54) is 38.8 Å². The first-order valence-electron chi connectivity index (χ1n) is 5.62. The second-order valence-corrected chi connectivity index (χ2v) is 3.19. The number of rotatable bonds is 2. The van der Waals surface area contributed by atoms with E-state index in [4.69, 9.17) is 0 Å². The molecule has 1 rings (SSSR count). The minimum atomic E-state index is 0.902. The van der Waals surface area contributed by atoms with E-state index >= 15 is 0 Å². The van der Waals surface area contributed by atoms with Crippen LogP contribution in [0.15, 0.2) is 0 Å². The Hall–Kier alpha value is -0.0400. The molecule has 1 saturated heterocycles. The van der Waals surface area contributed by atoms with Crippen LogP contribution >= 0.6 is 0 Å². The van der Waals surface area contributed by atoms with Crippen molar-refractivity contribution >= 4 is 0 Å². The fourth-order valence-corrected chi connectivity index (χ4v) is 1.94. The van der Waals surface area contributed by atoms with E-state index in [0.717, 1.165) is 6.04 Å². The molecule has 1 unspecified atom stereocenters. The number of piperidine rings is 1. The molecule has 0 amide bonds.